The summed E-state index contributed by atoms with van der Waals surface area (Å²) in [4.78, 5) is 5.19. The summed E-state index contributed by atoms with van der Waals surface area (Å²) in [5.41, 5.74) is 0. The first-order valence-electron chi connectivity index (χ1n) is 7.45. The third kappa shape index (κ3) is 4.23. The number of nitrogens with zero attached hydrogens (tertiary/aromatic N) is 2. The molecule has 0 radical (unpaired) electrons. The first kappa shape index (κ1) is 13.3. The van der Waals surface area contributed by atoms with Crippen molar-refractivity contribution in [3.63, 3.8) is 0 Å². The van der Waals surface area contributed by atoms with Crippen LogP contribution in [-0.4, -0.2) is 61.2 Å². The molecule has 0 aromatic carbocycles. The number of piperidine rings is 1. The molecule has 0 aliphatic carbocycles. The summed E-state index contributed by atoms with van der Waals surface area (Å²) in [5, 5.41) is 3.74. The van der Waals surface area contributed by atoms with Crippen molar-refractivity contribution >= 4 is 0 Å². The third-order valence-corrected chi connectivity index (χ3v) is 4.32. The van der Waals surface area contributed by atoms with Crippen molar-refractivity contribution in [1.82, 2.24) is 15.1 Å². The Hall–Kier alpha value is -0.120. The van der Waals surface area contributed by atoms with Gasteiger partial charge in [0.15, 0.2) is 0 Å². The Labute approximate surface area is 107 Å². The van der Waals surface area contributed by atoms with Crippen molar-refractivity contribution in [3.8, 4) is 0 Å². The predicted octanol–water partition coefficient (Wildman–Crippen LogP) is 1.54. The summed E-state index contributed by atoms with van der Waals surface area (Å²) in [6, 6.07) is 1.49. The van der Waals surface area contributed by atoms with Crippen LogP contribution >= 0.6 is 0 Å². The molecule has 0 saturated carbocycles. The topological polar surface area (TPSA) is 18.5 Å². The van der Waals surface area contributed by atoms with Gasteiger partial charge in [-0.2, -0.15) is 0 Å². The third-order valence-electron chi connectivity index (χ3n) is 4.32. The maximum absolute atomic E-state index is 3.74. The molecule has 3 nitrogen and oxygen atoms in total. The monoisotopic (exact) mass is 239 g/mol. The lowest BCUT2D eigenvalue weighted by Gasteiger charge is -2.35. The van der Waals surface area contributed by atoms with E-state index in [1.165, 1.54) is 65.0 Å². The van der Waals surface area contributed by atoms with E-state index in [0.717, 1.165) is 12.1 Å². The van der Waals surface area contributed by atoms with Gasteiger partial charge in [-0.1, -0.05) is 0 Å². The van der Waals surface area contributed by atoms with E-state index in [-0.39, 0.29) is 0 Å². The SMILES string of the molecule is CC(C)N1CCC(NCCN2CCCC2)CC1. The molecule has 0 atom stereocenters. The van der Waals surface area contributed by atoms with E-state index < -0.39 is 0 Å². The van der Waals surface area contributed by atoms with Crippen LogP contribution in [0.15, 0.2) is 0 Å². The van der Waals surface area contributed by atoms with Crippen molar-refractivity contribution in [2.24, 2.45) is 0 Å². The van der Waals surface area contributed by atoms with Gasteiger partial charge in [-0.3, -0.25) is 0 Å². The summed E-state index contributed by atoms with van der Waals surface area (Å²) in [6.07, 6.45) is 5.48. The Bertz CT molecular complexity index is 204. The van der Waals surface area contributed by atoms with E-state index in [9.17, 15) is 0 Å². The molecule has 2 heterocycles. The minimum Gasteiger partial charge on any atom is -0.313 e. The highest BCUT2D eigenvalue weighted by Gasteiger charge is 2.20. The van der Waals surface area contributed by atoms with Crippen LogP contribution in [0.25, 0.3) is 0 Å². The van der Waals surface area contributed by atoms with Gasteiger partial charge in [-0.25, -0.2) is 0 Å². The van der Waals surface area contributed by atoms with Gasteiger partial charge in [-0.05, 0) is 65.7 Å². The van der Waals surface area contributed by atoms with Crippen molar-refractivity contribution in [1.29, 1.82) is 0 Å². The fraction of sp³-hybridized carbons (Fsp3) is 1.00. The Morgan fingerprint density at radius 3 is 2.29 bits per heavy atom. The van der Waals surface area contributed by atoms with Crippen LogP contribution in [0.3, 0.4) is 0 Å². The lowest BCUT2D eigenvalue weighted by atomic mass is 10.0. The van der Waals surface area contributed by atoms with Crippen molar-refractivity contribution in [3.05, 3.63) is 0 Å². The van der Waals surface area contributed by atoms with E-state index in [1.807, 2.05) is 0 Å². The highest BCUT2D eigenvalue weighted by Crippen LogP contribution is 2.13. The largest absolute Gasteiger partial charge is 0.313 e. The van der Waals surface area contributed by atoms with E-state index in [0.29, 0.717) is 0 Å². The molecule has 0 unspecified atom stereocenters. The van der Waals surface area contributed by atoms with Crippen LogP contribution in [0, 0.1) is 0 Å². The highest BCUT2D eigenvalue weighted by atomic mass is 15.2. The number of rotatable bonds is 5. The first-order valence-corrected chi connectivity index (χ1v) is 7.45. The number of likely N-dealkylation sites (tertiary alicyclic amines) is 2. The minimum absolute atomic E-state index is 0.723. The maximum Gasteiger partial charge on any atom is 0.0107 e. The second-order valence-corrected chi connectivity index (χ2v) is 5.91. The second kappa shape index (κ2) is 6.72. The molecule has 0 bridgehead atoms. The molecule has 2 fully saturated rings. The molecule has 1 N–H and O–H groups in total. The number of nitrogens with one attached hydrogen (secondary N) is 1. The van der Waals surface area contributed by atoms with Crippen LogP contribution in [0.5, 0.6) is 0 Å². The molecule has 0 aromatic rings. The van der Waals surface area contributed by atoms with Gasteiger partial charge in [-0.15, -0.1) is 0 Å². The second-order valence-electron chi connectivity index (χ2n) is 5.91. The Balaban J connectivity index is 1.55. The summed E-state index contributed by atoms with van der Waals surface area (Å²) in [7, 11) is 0. The standard InChI is InChI=1S/C14H29N3/c1-13(2)17-10-5-14(6-11-17)15-7-12-16-8-3-4-9-16/h13-15H,3-12H2,1-2H3. The average molecular weight is 239 g/mol. The predicted molar refractivity (Wildman–Crippen MR) is 73.4 cm³/mol. The average Bonchev–Trinajstić information content (AvgIpc) is 2.83. The normalized spacial score (nSPS) is 24.9. The molecule has 0 aromatic heterocycles. The van der Waals surface area contributed by atoms with Crippen LogP contribution in [0.4, 0.5) is 0 Å². The Kier molecular flexibility index (Phi) is 5.26. The van der Waals surface area contributed by atoms with Crippen molar-refractivity contribution in [2.45, 2.75) is 51.6 Å². The summed E-state index contributed by atoms with van der Waals surface area (Å²) in [5.74, 6) is 0. The summed E-state index contributed by atoms with van der Waals surface area (Å²) < 4.78 is 0. The van der Waals surface area contributed by atoms with E-state index in [4.69, 9.17) is 0 Å². The van der Waals surface area contributed by atoms with Gasteiger partial charge < -0.3 is 15.1 Å². The molecule has 2 rings (SSSR count). The quantitative estimate of drug-likeness (QED) is 0.785. The number of hydrogen-bond donors (Lipinski definition) is 1. The maximum atomic E-state index is 3.74. The Morgan fingerprint density at radius 1 is 1.06 bits per heavy atom. The molecular weight excluding hydrogens is 210 g/mol. The molecule has 0 amide bonds. The minimum atomic E-state index is 0.723. The van der Waals surface area contributed by atoms with Gasteiger partial charge in [0.1, 0.15) is 0 Å². The van der Waals surface area contributed by atoms with Crippen molar-refractivity contribution < 1.29 is 0 Å². The van der Waals surface area contributed by atoms with E-state index in [1.54, 1.807) is 0 Å². The fourth-order valence-electron chi connectivity index (χ4n) is 3.05. The first-order chi connectivity index (χ1) is 8.25. The van der Waals surface area contributed by atoms with Gasteiger partial charge in [0.25, 0.3) is 0 Å². The van der Waals surface area contributed by atoms with Crippen LogP contribution < -0.4 is 5.32 Å². The zero-order chi connectivity index (χ0) is 12.1. The van der Waals surface area contributed by atoms with Crippen LogP contribution in [-0.2, 0) is 0 Å². The zero-order valence-corrected chi connectivity index (χ0v) is 11.6. The lowest BCUT2D eigenvalue weighted by Crippen LogP contribution is -2.46. The highest BCUT2D eigenvalue weighted by molar-refractivity contribution is 4.79. The fourth-order valence-corrected chi connectivity index (χ4v) is 3.05. The zero-order valence-electron chi connectivity index (χ0n) is 11.6. The van der Waals surface area contributed by atoms with E-state index in [2.05, 4.69) is 29.0 Å². The lowest BCUT2D eigenvalue weighted by molar-refractivity contribution is 0.160. The summed E-state index contributed by atoms with van der Waals surface area (Å²) >= 11 is 0. The van der Waals surface area contributed by atoms with Gasteiger partial charge in [0.2, 0.25) is 0 Å². The van der Waals surface area contributed by atoms with E-state index >= 15 is 0 Å². The van der Waals surface area contributed by atoms with Gasteiger partial charge in [0.05, 0.1) is 0 Å². The molecule has 0 spiro atoms. The van der Waals surface area contributed by atoms with Crippen LogP contribution in [0.1, 0.15) is 39.5 Å². The molecule has 17 heavy (non-hydrogen) atoms. The van der Waals surface area contributed by atoms with Gasteiger partial charge in [0, 0.05) is 25.2 Å². The smallest absolute Gasteiger partial charge is 0.0107 e. The van der Waals surface area contributed by atoms with Crippen LogP contribution in [0.2, 0.25) is 0 Å². The molecule has 2 saturated heterocycles. The molecule has 100 valence electrons. The summed E-state index contributed by atoms with van der Waals surface area (Å²) in [6.45, 7) is 12.3. The number of hydrogen-bond acceptors (Lipinski definition) is 3. The Morgan fingerprint density at radius 2 is 1.71 bits per heavy atom. The van der Waals surface area contributed by atoms with Crippen molar-refractivity contribution in [2.75, 3.05) is 39.3 Å². The molecule has 3 heteroatoms. The molecule has 2 aliphatic rings. The molecular formula is C14H29N3. The molecule has 2 aliphatic heterocycles. The van der Waals surface area contributed by atoms with Gasteiger partial charge >= 0.3 is 0 Å².